The molecule has 0 bridgehead atoms. The highest BCUT2D eigenvalue weighted by Crippen LogP contribution is 2.65. The number of rotatable bonds is 6. The van der Waals surface area contributed by atoms with Crippen LogP contribution in [-0.2, 0) is 15.5 Å². The topological polar surface area (TPSA) is 35.5 Å². The van der Waals surface area contributed by atoms with Crippen LogP contribution in [0.4, 0.5) is 13.2 Å². The van der Waals surface area contributed by atoms with Gasteiger partial charge in [0.2, 0.25) is 0 Å². The zero-order valence-corrected chi connectivity index (χ0v) is 23.8. The second kappa shape index (κ2) is 9.48. The van der Waals surface area contributed by atoms with Gasteiger partial charge in [-0.15, -0.1) is 0 Å². The van der Waals surface area contributed by atoms with Crippen molar-refractivity contribution in [1.82, 2.24) is 0 Å². The maximum absolute atomic E-state index is 14.5. The molecule has 0 heterocycles. The van der Waals surface area contributed by atoms with Gasteiger partial charge in [-0.3, -0.25) is 0 Å². The third-order valence-corrected chi connectivity index (χ3v) is 12.6. The molecule has 0 aliphatic carbocycles. The van der Waals surface area contributed by atoms with Crippen LogP contribution in [0.3, 0.4) is 0 Å². The number of halogens is 3. The first-order valence-corrected chi connectivity index (χ1v) is 16.5. The molecule has 2 aromatic carbocycles. The van der Waals surface area contributed by atoms with E-state index >= 15 is 0 Å². The summed E-state index contributed by atoms with van der Waals surface area (Å²) in [6, 6.07) is 10.5. The van der Waals surface area contributed by atoms with Crippen molar-refractivity contribution in [3.8, 4) is 16.9 Å². The van der Waals surface area contributed by atoms with E-state index in [2.05, 4.69) is 6.07 Å². The second-order valence-electron chi connectivity index (χ2n) is 11.6. The maximum atomic E-state index is 14.5. The van der Waals surface area contributed by atoms with Gasteiger partial charge in [0.25, 0.3) is 0 Å². The normalized spacial score (nSPS) is 13.8. The lowest BCUT2D eigenvalue weighted by Gasteiger charge is -2.41. The van der Waals surface area contributed by atoms with Crippen molar-refractivity contribution in [3.63, 3.8) is 0 Å². The van der Waals surface area contributed by atoms with E-state index < -0.39 is 37.3 Å². The van der Waals surface area contributed by atoms with Crippen LogP contribution in [0, 0.1) is 6.07 Å². The Balaban J connectivity index is 2.95. The zero-order chi connectivity index (χ0) is 26.3. The van der Waals surface area contributed by atoms with Gasteiger partial charge in [-0.2, -0.15) is 13.2 Å². The van der Waals surface area contributed by atoms with Crippen molar-refractivity contribution in [1.29, 1.82) is 0 Å². The van der Waals surface area contributed by atoms with E-state index in [1.165, 1.54) is 13.2 Å². The fourth-order valence-electron chi connectivity index (χ4n) is 4.37. The molecule has 1 radical (unpaired) electrons. The van der Waals surface area contributed by atoms with E-state index in [0.717, 1.165) is 6.07 Å². The average molecular weight is 514 g/mol. The molecule has 2 rings (SSSR count). The number of alkyl halides is 3. The monoisotopic (exact) mass is 513 g/mol. The molecule has 189 valence electrons. The molecule has 0 aromatic heterocycles. The minimum Gasteiger partial charge on any atom is -0.467 e. The highest BCUT2D eigenvalue weighted by atomic mass is 31.2. The Morgan fingerprint density at radius 2 is 1.53 bits per heavy atom. The van der Waals surface area contributed by atoms with Crippen LogP contribution in [0.1, 0.15) is 47.1 Å². The lowest BCUT2D eigenvalue weighted by molar-refractivity contribution is -0.137. The number of ether oxygens (including phenoxy) is 2. The highest BCUT2D eigenvalue weighted by Gasteiger charge is 2.47. The Morgan fingerprint density at radius 3 is 1.97 bits per heavy atom. The molecule has 0 spiro atoms. The van der Waals surface area contributed by atoms with E-state index in [1.54, 1.807) is 18.2 Å². The Bertz CT molecular complexity index is 1060. The first-order chi connectivity index (χ1) is 15.2. The Morgan fingerprint density at radius 1 is 0.971 bits per heavy atom. The van der Waals surface area contributed by atoms with Crippen LogP contribution in [0.25, 0.3) is 11.1 Å². The summed E-state index contributed by atoms with van der Waals surface area (Å²) in [5.74, 6) is 0.382. The van der Waals surface area contributed by atoms with Crippen molar-refractivity contribution >= 4 is 25.7 Å². The standard InChI is InChI=1S/C26H37F3O3PSi/c1-24(2,3)33(30,25(4,5)6)20-13-11-12-18(14-20)21-15-19(26(27,28)29)16-22(34(8,9)10)23(21)32-17-31-7/h11-12,14-16H,17H2,1-10H3. The van der Waals surface area contributed by atoms with Crippen molar-refractivity contribution < 1.29 is 27.2 Å². The fraction of sp³-hybridized carbons (Fsp3) is 0.538. The Kier molecular flexibility index (Phi) is 7.99. The van der Waals surface area contributed by atoms with E-state index in [1.807, 2.05) is 61.2 Å². The molecule has 0 saturated heterocycles. The second-order valence-corrected chi connectivity index (χ2v) is 21.0. The molecule has 2 aromatic rings. The summed E-state index contributed by atoms with van der Waals surface area (Å²) in [4.78, 5) is 0. The van der Waals surface area contributed by atoms with Gasteiger partial charge in [0.15, 0.2) is 6.79 Å². The number of benzene rings is 2. The van der Waals surface area contributed by atoms with Crippen molar-refractivity contribution in [2.24, 2.45) is 0 Å². The fourth-order valence-corrected chi connectivity index (χ4v) is 9.88. The SMILES string of the molecule is COCOc1c(-c2cc[c]c(P(=O)(C(C)(C)C)C(C)(C)C)c2)cc(C(F)(F)F)cc1[Si](C)(C)C. The first kappa shape index (κ1) is 28.7. The third-order valence-electron chi connectivity index (χ3n) is 5.87. The van der Waals surface area contributed by atoms with Gasteiger partial charge in [0, 0.05) is 28.3 Å². The summed E-state index contributed by atoms with van der Waals surface area (Å²) in [7, 11) is -3.83. The van der Waals surface area contributed by atoms with Crippen LogP contribution in [0.5, 0.6) is 5.75 Å². The van der Waals surface area contributed by atoms with Crippen LogP contribution < -0.4 is 15.2 Å². The summed E-state index contributed by atoms with van der Waals surface area (Å²) in [5, 5.41) is -0.0478. The van der Waals surface area contributed by atoms with E-state index in [0.29, 0.717) is 27.4 Å². The predicted octanol–water partition coefficient (Wildman–Crippen LogP) is 7.29. The summed E-state index contributed by atoms with van der Waals surface area (Å²) in [6.45, 7) is 17.4. The molecule has 0 saturated carbocycles. The lowest BCUT2D eigenvalue weighted by atomic mass is 10.0. The zero-order valence-electron chi connectivity index (χ0n) is 21.9. The summed E-state index contributed by atoms with van der Waals surface area (Å²) in [5.41, 5.74) is 0.0991. The first-order valence-electron chi connectivity index (χ1n) is 11.3. The van der Waals surface area contributed by atoms with Gasteiger partial charge in [-0.25, -0.2) is 0 Å². The Hall–Kier alpha value is -1.56. The molecular formula is C26H37F3O3PSi. The van der Waals surface area contributed by atoms with Gasteiger partial charge >= 0.3 is 6.18 Å². The summed E-state index contributed by atoms with van der Waals surface area (Å²) < 4.78 is 67.2. The molecule has 0 atom stereocenters. The van der Waals surface area contributed by atoms with E-state index in [4.69, 9.17) is 9.47 Å². The van der Waals surface area contributed by atoms with E-state index in [9.17, 15) is 17.7 Å². The van der Waals surface area contributed by atoms with Crippen LogP contribution in [0.15, 0.2) is 30.3 Å². The molecule has 0 amide bonds. The van der Waals surface area contributed by atoms with Crippen molar-refractivity contribution in [2.75, 3.05) is 13.9 Å². The molecule has 0 fully saturated rings. The lowest BCUT2D eigenvalue weighted by Crippen LogP contribution is -2.40. The molecule has 34 heavy (non-hydrogen) atoms. The van der Waals surface area contributed by atoms with Crippen molar-refractivity contribution in [3.05, 3.63) is 42.0 Å². The van der Waals surface area contributed by atoms with Crippen LogP contribution in [0.2, 0.25) is 19.6 Å². The molecule has 0 aliphatic heterocycles. The van der Waals surface area contributed by atoms with Crippen LogP contribution in [-0.4, -0.2) is 32.3 Å². The van der Waals surface area contributed by atoms with Gasteiger partial charge in [0.05, 0.1) is 13.6 Å². The largest absolute Gasteiger partial charge is 0.467 e. The smallest absolute Gasteiger partial charge is 0.416 e. The third kappa shape index (κ3) is 5.63. The molecular weight excluding hydrogens is 476 g/mol. The molecule has 0 N–H and O–H groups in total. The van der Waals surface area contributed by atoms with Gasteiger partial charge < -0.3 is 14.0 Å². The Labute approximate surface area is 203 Å². The van der Waals surface area contributed by atoms with Crippen LogP contribution >= 0.6 is 7.14 Å². The highest BCUT2D eigenvalue weighted by molar-refractivity contribution is 7.74. The van der Waals surface area contributed by atoms with E-state index in [-0.39, 0.29) is 6.79 Å². The molecule has 3 nitrogen and oxygen atoms in total. The molecule has 8 heteroatoms. The quantitative estimate of drug-likeness (QED) is 0.231. The molecule has 0 unspecified atom stereocenters. The van der Waals surface area contributed by atoms with Gasteiger partial charge in [-0.1, -0.05) is 73.3 Å². The maximum Gasteiger partial charge on any atom is 0.416 e. The number of hydrogen-bond donors (Lipinski definition) is 0. The summed E-state index contributed by atoms with van der Waals surface area (Å²) >= 11 is 0. The number of methoxy groups -OCH3 is 1. The molecule has 0 aliphatic rings. The average Bonchev–Trinajstić information content (AvgIpc) is 2.68. The van der Waals surface area contributed by atoms with Gasteiger partial charge in [0.1, 0.15) is 12.9 Å². The minimum atomic E-state index is -4.52. The summed E-state index contributed by atoms with van der Waals surface area (Å²) in [6.07, 6.45) is -4.52. The predicted molar refractivity (Wildman–Crippen MR) is 138 cm³/mol. The van der Waals surface area contributed by atoms with Crippen molar-refractivity contribution in [2.45, 2.75) is 77.7 Å². The van der Waals surface area contributed by atoms with Gasteiger partial charge in [-0.05, 0) is 35.0 Å². The number of hydrogen-bond acceptors (Lipinski definition) is 3. The minimum absolute atomic E-state index is 0.0931.